The highest BCUT2D eigenvalue weighted by Crippen LogP contribution is 2.23. The van der Waals surface area contributed by atoms with Gasteiger partial charge in [0.2, 0.25) is 0 Å². The van der Waals surface area contributed by atoms with Crippen LogP contribution >= 0.6 is 11.6 Å². The second kappa shape index (κ2) is 8.41. The maximum atomic E-state index is 9.78. The van der Waals surface area contributed by atoms with E-state index >= 15 is 0 Å². The van der Waals surface area contributed by atoms with Crippen molar-refractivity contribution in [2.24, 2.45) is 0 Å². The number of ether oxygens (including phenoxy) is 1. The Morgan fingerprint density at radius 2 is 1.75 bits per heavy atom. The van der Waals surface area contributed by atoms with Crippen molar-refractivity contribution in [3.05, 3.63) is 29.3 Å². The minimum Gasteiger partial charge on any atom is -0.489 e. The van der Waals surface area contributed by atoms with Crippen molar-refractivity contribution in [2.75, 3.05) is 33.0 Å². The summed E-state index contributed by atoms with van der Waals surface area (Å²) in [7, 11) is 0. The number of hydrogen-bond donors (Lipinski definition) is 5. The van der Waals surface area contributed by atoms with Crippen molar-refractivity contribution in [3.63, 3.8) is 0 Å². The summed E-state index contributed by atoms with van der Waals surface area (Å²) in [4.78, 5) is 0. The fourth-order valence-electron chi connectivity index (χ4n) is 1.46. The van der Waals surface area contributed by atoms with Crippen molar-refractivity contribution in [1.82, 2.24) is 5.32 Å². The third kappa shape index (κ3) is 4.90. The van der Waals surface area contributed by atoms with Gasteiger partial charge in [-0.15, -0.1) is 0 Å². The van der Waals surface area contributed by atoms with E-state index < -0.39 is 31.5 Å². The molecular formula is C13H20ClNO5. The van der Waals surface area contributed by atoms with Crippen LogP contribution in [0.4, 0.5) is 0 Å². The van der Waals surface area contributed by atoms with Gasteiger partial charge in [0.15, 0.2) is 0 Å². The predicted molar refractivity (Wildman–Crippen MR) is 74.9 cm³/mol. The monoisotopic (exact) mass is 305 g/mol. The van der Waals surface area contributed by atoms with Gasteiger partial charge in [0.1, 0.15) is 18.5 Å². The van der Waals surface area contributed by atoms with E-state index in [1.807, 2.05) is 0 Å². The highest BCUT2D eigenvalue weighted by Gasteiger charge is 2.28. The summed E-state index contributed by atoms with van der Waals surface area (Å²) in [5.41, 5.74) is -1.22. The smallest absolute Gasteiger partial charge is 0.138 e. The van der Waals surface area contributed by atoms with Gasteiger partial charge in [-0.1, -0.05) is 23.7 Å². The lowest BCUT2D eigenvalue weighted by Gasteiger charge is -2.29. The quantitative estimate of drug-likeness (QED) is 0.417. The van der Waals surface area contributed by atoms with E-state index in [1.54, 1.807) is 24.3 Å². The highest BCUT2D eigenvalue weighted by molar-refractivity contribution is 6.32. The molecule has 0 fully saturated rings. The van der Waals surface area contributed by atoms with Crippen LogP contribution in [0.1, 0.15) is 0 Å². The molecule has 0 aliphatic heterocycles. The van der Waals surface area contributed by atoms with Crippen LogP contribution in [0.5, 0.6) is 5.75 Å². The largest absolute Gasteiger partial charge is 0.489 e. The summed E-state index contributed by atoms with van der Waals surface area (Å²) in [5.74, 6) is 0.464. The molecule has 0 aliphatic rings. The number of aliphatic hydroxyl groups is 4. The lowest BCUT2D eigenvalue weighted by Crippen LogP contribution is -2.57. The van der Waals surface area contributed by atoms with Crippen LogP contribution in [0, 0.1) is 0 Å². The Balaban J connectivity index is 2.41. The molecule has 5 N–H and O–H groups in total. The zero-order chi connectivity index (χ0) is 15.0. The van der Waals surface area contributed by atoms with Gasteiger partial charge in [0.25, 0.3) is 0 Å². The van der Waals surface area contributed by atoms with E-state index in [2.05, 4.69) is 5.32 Å². The molecule has 0 aliphatic carbocycles. The molecule has 0 saturated carbocycles. The third-order valence-electron chi connectivity index (χ3n) is 2.89. The van der Waals surface area contributed by atoms with Crippen LogP contribution in [0.3, 0.4) is 0 Å². The average Bonchev–Trinajstić information content (AvgIpc) is 2.48. The maximum absolute atomic E-state index is 9.78. The second-order valence-corrected chi connectivity index (χ2v) is 4.94. The lowest BCUT2D eigenvalue weighted by atomic mass is 10.0. The van der Waals surface area contributed by atoms with Crippen molar-refractivity contribution in [2.45, 2.75) is 11.6 Å². The number of aliphatic hydroxyl groups excluding tert-OH is 4. The number of rotatable bonds is 9. The summed E-state index contributed by atoms with van der Waals surface area (Å²) >= 11 is 5.90. The molecule has 0 amide bonds. The summed E-state index contributed by atoms with van der Waals surface area (Å²) in [6, 6.07) is 6.89. The number of hydrogen-bond acceptors (Lipinski definition) is 6. The minimum atomic E-state index is -1.22. The summed E-state index contributed by atoms with van der Waals surface area (Å²) in [6.45, 7) is -1.30. The van der Waals surface area contributed by atoms with Crippen LogP contribution in [0.25, 0.3) is 0 Å². The van der Waals surface area contributed by atoms with E-state index in [0.717, 1.165) is 0 Å². The van der Waals surface area contributed by atoms with E-state index in [4.69, 9.17) is 31.7 Å². The maximum Gasteiger partial charge on any atom is 0.138 e. The fourth-order valence-corrected chi connectivity index (χ4v) is 1.65. The van der Waals surface area contributed by atoms with Crippen molar-refractivity contribution in [3.8, 4) is 5.75 Å². The van der Waals surface area contributed by atoms with Gasteiger partial charge in [-0.3, -0.25) is 0 Å². The molecule has 1 aromatic rings. The zero-order valence-corrected chi connectivity index (χ0v) is 11.8. The van der Waals surface area contributed by atoms with Gasteiger partial charge in [-0.05, 0) is 12.1 Å². The molecule has 0 spiro atoms. The Hall–Kier alpha value is -0.890. The zero-order valence-electron chi connectivity index (χ0n) is 11.0. The van der Waals surface area contributed by atoms with Crippen LogP contribution in [0.15, 0.2) is 24.3 Å². The first-order valence-electron chi connectivity index (χ1n) is 6.20. The van der Waals surface area contributed by atoms with Gasteiger partial charge in [0.05, 0.1) is 30.4 Å². The van der Waals surface area contributed by atoms with Gasteiger partial charge in [0, 0.05) is 6.54 Å². The molecule has 0 saturated heterocycles. The molecule has 0 heterocycles. The Morgan fingerprint density at radius 3 is 2.30 bits per heavy atom. The van der Waals surface area contributed by atoms with Crippen molar-refractivity contribution < 1.29 is 25.2 Å². The first-order chi connectivity index (χ1) is 9.56. The van der Waals surface area contributed by atoms with Gasteiger partial charge in [-0.2, -0.15) is 0 Å². The molecule has 1 atom stereocenters. The van der Waals surface area contributed by atoms with Crippen LogP contribution in [-0.2, 0) is 0 Å². The molecule has 0 radical (unpaired) electrons. The Bertz CT molecular complexity index is 392. The SMILES string of the molecule is OCC(CO)(CO)NCC(O)COc1ccccc1Cl. The number of β-amino-alcohol motifs (C(OH)–C–C–N with tert-alkyl or cyclic N) is 1. The number of nitrogens with one attached hydrogen (secondary N) is 1. The van der Waals surface area contributed by atoms with E-state index in [0.29, 0.717) is 10.8 Å². The molecule has 0 aromatic heterocycles. The van der Waals surface area contributed by atoms with Crippen molar-refractivity contribution >= 4 is 11.6 Å². The summed E-state index contributed by atoms with van der Waals surface area (Å²) in [5, 5.41) is 40.3. The van der Waals surface area contributed by atoms with Gasteiger partial charge < -0.3 is 30.5 Å². The van der Waals surface area contributed by atoms with E-state index in [-0.39, 0.29) is 13.2 Å². The summed E-state index contributed by atoms with van der Waals surface area (Å²) < 4.78 is 5.36. The predicted octanol–water partition coefficient (Wildman–Crippen LogP) is -0.615. The number of para-hydroxylation sites is 1. The normalized spacial score (nSPS) is 13.2. The van der Waals surface area contributed by atoms with Gasteiger partial charge >= 0.3 is 0 Å². The van der Waals surface area contributed by atoms with Crippen LogP contribution in [0.2, 0.25) is 5.02 Å². The molecule has 6 nitrogen and oxygen atoms in total. The third-order valence-corrected chi connectivity index (χ3v) is 3.20. The molecule has 7 heteroatoms. The molecule has 1 rings (SSSR count). The fraction of sp³-hybridized carbons (Fsp3) is 0.538. The number of halogens is 1. The minimum absolute atomic E-state index is 0.00486. The average molecular weight is 306 g/mol. The number of benzene rings is 1. The molecular weight excluding hydrogens is 286 g/mol. The standard InChI is InChI=1S/C13H20ClNO5/c14-11-3-1-2-4-12(11)20-6-10(19)5-15-13(7-16,8-17)9-18/h1-4,10,15-19H,5-9H2. The first kappa shape index (κ1) is 17.2. The molecule has 1 aromatic carbocycles. The first-order valence-corrected chi connectivity index (χ1v) is 6.57. The molecule has 0 bridgehead atoms. The van der Waals surface area contributed by atoms with E-state index in [9.17, 15) is 5.11 Å². The van der Waals surface area contributed by atoms with Crippen LogP contribution < -0.4 is 10.1 Å². The topological polar surface area (TPSA) is 102 Å². The van der Waals surface area contributed by atoms with E-state index in [1.165, 1.54) is 0 Å². The Labute approximate surface area is 122 Å². The molecule has 20 heavy (non-hydrogen) atoms. The Morgan fingerprint density at radius 1 is 1.15 bits per heavy atom. The highest BCUT2D eigenvalue weighted by atomic mass is 35.5. The lowest BCUT2D eigenvalue weighted by molar-refractivity contribution is 0.0261. The van der Waals surface area contributed by atoms with Gasteiger partial charge in [-0.25, -0.2) is 0 Å². The second-order valence-electron chi connectivity index (χ2n) is 4.53. The van der Waals surface area contributed by atoms with Crippen molar-refractivity contribution in [1.29, 1.82) is 0 Å². The Kier molecular flexibility index (Phi) is 7.22. The summed E-state index contributed by atoms with van der Waals surface area (Å²) in [6.07, 6.45) is -0.879. The molecule has 1 unspecified atom stereocenters. The van der Waals surface area contributed by atoms with Crippen LogP contribution in [-0.4, -0.2) is 65.0 Å². The molecule has 114 valence electrons.